The number of anilines is 2. The van der Waals surface area contributed by atoms with Crippen LogP contribution in [0, 0.1) is 17.0 Å². The van der Waals surface area contributed by atoms with Crippen LogP contribution >= 0.6 is 12.6 Å². The summed E-state index contributed by atoms with van der Waals surface area (Å²) in [6.07, 6.45) is 2.13. The van der Waals surface area contributed by atoms with E-state index >= 15 is 0 Å². The van der Waals surface area contributed by atoms with Crippen molar-refractivity contribution in [3.8, 4) is 0 Å². The summed E-state index contributed by atoms with van der Waals surface area (Å²) in [6.45, 7) is 7.29. The largest absolute Gasteiger partial charge is 0.488 e. The van der Waals surface area contributed by atoms with Gasteiger partial charge in [0.15, 0.2) is 5.76 Å². The standard InChI is InChI=1S/C14H15F2NO2.C6H7NS.C2H9N3/c1-9(19-8-14(2)3-4-14)13(18)17-12-6-10(15)5-11(16)7-12;7-5-1-3-6(8)4-2-5;3-1-2-5-4/h5-7H,1,3-4,8H2,2H3,(H,17,18);1-4,8H,7H2;5H,1-4H2. The van der Waals surface area contributed by atoms with Crippen molar-refractivity contribution in [2.45, 2.75) is 24.7 Å². The van der Waals surface area contributed by atoms with Crippen molar-refractivity contribution >= 4 is 29.9 Å². The van der Waals surface area contributed by atoms with E-state index in [1.54, 1.807) is 0 Å². The Kier molecular flexibility index (Phi) is 11.7. The smallest absolute Gasteiger partial charge is 0.290 e. The van der Waals surface area contributed by atoms with Crippen molar-refractivity contribution < 1.29 is 18.3 Å². The third-order valence-electron chi connectivity index (χ3n) is 4.25. The Balaban J connectivity index is 0.000000323. The number of hydrogen-bond acceptors (Lipinski definition) is 7. The molecule has 0 saturated heterocycles. The van der Waals surface area contributed by atoms with Crippen molar-refractivity contribution in [2.75, 3.05) is 30.7 Å². The fraction of sp³-hybridized carbons (Fsp3) is 0.318. The van der Waals surface area contributed by atoms with Crippen LogP contribution in [0.25, 0.3) is 0 Å². The molecule has 0 unspecified atom stereocenters. The first-order chi connectivity index (χ1) is 15.1. The van der Waals surface area contributed by atoms with Gasteiger partial charge in [-0.1, -0.05) is 13.5 Å². The van der Waals surface area contributed by atoms with Gasteiger partial charge in [0.25, 0.3) is 5.91 Å². The first kappa shape index (κ1) is 27.4. The number of nitrogens with two attached hydrogens (primary N) is 3. The van der Waals surface area contributed by atoms with Gasteiger partial charge < -0.3 is 21.5 Å². The van der Waals surface area contributed by atoms with Crippen LogP contribution in [0.4, 0.5) is 20.2 Å². The zero-order valence-electron chi connectivity index (χ0n) is 18.0. The zero-order valence-corrected chi connectivity index (χ0v) is 18.9. The number of benzene rings is 2. The molecule has 1 aliphatic rings. The summed E-state index contributed by atoms with van der Waals surface area (Å²) in [4.78, 5) is 12.6. The number of hydrazine groups is 1. The second kappa shape index (κ2) is 13.7. The lowest BCUT2D eigenvalue weighted by atomic mass is 10.2. The van der Waals surface area contributed by atoms with Crippen LogP contribution in [0.5, 0.6) is 0 Å². The number of rotatable bonds is 7. The van der Waals surface area contributed by atoms with E-state index in [4.69, 9.17) is 22.0 Å². The number of ether oxygens (including phenoxy) is 1. The number of halogens is 2. The number of amides is 1. The van der Waals surface area contributed by atoms with Gasteiger partial charge in [-0.2, -0.15) is 0 Å². The zero-order chi connectivity index (χ0) is 24.1. The minimum Gasteiger partial charge on any atom is -0.488 e. The topological polar surface area (TPSA) is 128 Å². The summed E-state index contributed by atoms with van der Waals surface area (Å²) < 4.78 is 31.2. The Bertz CT molecular complexity index is 834. The summed E-state index contributed by atoms with van der Waals surface area (Å²) in [6, 6.07) is 10.1. The summed E-state index contributed by atoms with van der Waals surface area (Å²) in [5.41, 5.74) is 13.7. The van der Waals surface area contributed by atoms with Gasteiger partial charge in [-0.25, -0.2) is 8.78 Å². The second-order valence-electron chi connectivity index (χ2n) is 7.47. The van der Waals surface area contributed by atoms with Crippen molar-refractivity contribution in [2.24, 2.45) is 17.0 Å². The number of hydrogen-bond donors (Lipinski definition) is 6. The monoisotopic (exact) mass is 467 g/mol. The second-order valence-corrected chi connectivity index (χ2v) is 7.99. The van der Waals surface area contributed by atoms with Crippen LogP contribution in [0.15, 0.2) is 59.7 Å². The summed E-state index contributed by atoms with van der Waals surface area (Å²) in [5.74, 6) is 2.63. The SMILES string of the molecule is C=C(OCC1(C)CC1)C(=O)Nc1cc(F)cc(F)c1.NCCNN.Nc1ccc(S)cc1. The maximum Gasteiger partial charge on any atom is 0.290 e. The van der Waals surface area contributed by atoms with E-state index in [0.29, 0.717) is 19.7 Å². The number of thiol groups is 1. The number of nitrogens with one attached hydrogen (secondary N) is 2. The first-order valence-corrected chi connectivity index (χ1v) is 10.3. The molecule has 1 amide bonds. The molecule has 0 spiro atoms. The van der Waals surface area contributed by atoms with Crippen LogP contribution in [-0.2, 0) is 9.53 Å². The molecule has 0 radical (unpaired) electrons. The van der Waals surface area contributed by atoms with Crippen molar-refractivity contribution in [3.05, 3.63) is 66.4 Å². The highest BCUT2D eigenvalue weighted by Crippen LogP contribution is 2.45. The summed E-state index contributed by atoms with van der Waals surface area (Å²) in [7, 11) is 0. The van der Waals surface area contributed by atoms with Gasteiger partial charge in [-0.15, -0.1) is 12.6 Å². The molecule has 0 bridgehead atoms. The predicted octanol–water partition coefficient (Wildman–Crippen LogP) is 3.20. The van der Waals surface area contributed by atoms with E-state index in [9.17, 15) is 13.6 Å². The van der Waals surface area contributed by atoms with E-state index < -0.39 is 17.5 Å². The minimum atomic E-state index is -0.757. The molecule has 8 N–H and O–H groups in total. The maximum absolute atomic E-state index is 12.9. The van der Waals surface area contributed by atoms with E-state index in [2.05, 4.69) is 36.9 Å². The lowest BCUT2D eigenvalue weighted by Gasteiger charge is -2.13. The Hall–Kier alpha value is -2.66. The van der Waals surface area contributed by atoms with Crippen LogP contribution in [0.1, 0.15) is 19.8 Å². The van der Waals surface area contributed by atoms with Crippen LogP contribution in [-0.4, -0.2) is 25.6 Å². The Morgan fingerprint density at radius 1 is 1.19 bits per heavy atom. The number of nitrogen functional groups attached to an aromatic ring is 1. The first-order valence-electron chi connectivity index (χ1n) is 9.86. The molecule has 1 saturated carbocycles. The van der Waals surface area contributed by atoms with Crippen LogP contribution in [0.3, 0.4) is 0 Å². The molecular weight excluding hydrogens is 436 g/mol. The van der Waals surface area contributed by atoms with Crippen LogP contribution in [0.2, 0.25) is 0 Å². The molecule has 0 aliphatic heterocycles. The van der Waals surface area contributed by atoms with Gasteiger partial charge in [0.1, 0.15) is 11.6 Å². The van der Waals surface area contributed by atoms with Crippen molar-refractivity contribution in [3.63, 3.8) is 0 Å². The highest BCUT2D eigenvalue weighted by molar-refractivity contribution is 7.80. The van der Waals surface area contributed by atoms with Gasteiger partial charge >= 0.3 is 0 Å². The van der Waals surface area contributed by atoms with Gasteiger partial charge in [0.05, 0.1) is 6.61 Å². The molecule has 0 heterocycles. The number of carbonyl (C=O) groups excluding carboxylic acids is 1. The summed E-state index contributed by atoms with van der Waals surface area (Å²) >= 11 is 4.08. The van der Waals surface area contributed by atoms with Gasteiger partial charge in [-0.3, -0.25) is 16.1 Å². The molecule has 10 heteroatoms. The van der Waals surface area contributed by atoms with Gasteiger partial charge in [-0.05, 0) is 49.2 Å². The Labute approximate surface area is 192 Å². The highest BCUT2D eigenvalue weighted by Gasteiger charge is 2.38. The third kappa shape index (κ3) is 11.7. The highest BCUT2D eigenvalue weighted by atomic mass is 32.1. The average molecular weight is 468 g/mol. The Morgan fingerprint density at radius 3 is 2.16 bits per heavy atom. The van der Waals surface area contributed by atoms with E-state index in [1.165, 1.54) is 0 Å². The van der Waals surface area contributed by atoms with Crippen molar-refractivity contribution in [1.82, 2.24) is 5.43 Å². The molecule has 2 aromatic rings. The fourth-order valence-electron chi connectivity index (χ4n) is 2.07. The van der Waals surface area contributed by atoms with E-state index in [0.717, 1.165) is 41.6 Å². The van der Waals surface area contributed by atoms with E-state index in [1.807, 2.05) is 24.3 Å². The molecule has 1 aliphatic carbocycles. The lowest BCUT2D eigenvalue weighted by molar-refractivity contribution is -0.116. The quantitative estimate of drug-likeness (QED) is 0.0927. The Morgan fingerprint density at radius 2 is 1.75 bits per heavy atom. The molecule has 0 aromatic heterocycles. The van der Waals surface area contributed by atoms with Crippen LogP contribution < -0.4 is 28.1 Å². The van der Waals surface area contributed by atoms with Gasteiger partial charge in [0, 0.05) is 40.8 Å². The maximum atomic E-state index is 12.9. The predicted molar refractivity (Wildman–Crippen MR) is 127 cm³/mol. The fourth-order valence-corrected chi connectivity index (χ4v) is 2.22. The molecule has 1 fully saturated rings. The lowest BCUT2D eigenvalue weighted by Crippen LogP contribution is -2.28. The normalized spacial score (nSPS) is 12.9. The third-order valence-corrected chi connectivity index (χ3v) is 4.55. The van der Waals surface area contributed by atoms with Crippen molar-refractivity contribution in [1.29, 1.82) is 0 Å². The van der Waals surface area contributed by atoms with E-state index in [-0.39, 0.29) is 16.9 Å². The molecule has 3 rings (SSSR count). The number of carbonyl (C=O) groups is 1. The molecule has 176 valence electrons. The molecular formula is C22H31F2N5O2S. The minimum absolute atomic E-state index is 0.0323. The molecule has 7 nitrogen and oxygen atoms in total. The molecule has 0 atom stereocenters. The summed E-state index contributed by atoms with van der Waals surface area (Å²) in [5, 5.41) is 2.34. The molecule has 32 heavy (non-hydrogen) atoms. The van der Waals surface area contributed by atoms with Gasteiger partial charge in [0.2, 0.25) is 0 Å². The average Bonchev–Trinajstić information content (AvgIpc) is 3.47. The molecule has 2 aromatic carbocycles.